The van der Waals surface area contributed by atoms with Gasteiger partial charge in [-0.25, -0.2) is 9.37 Å². The number of pyridine rings is 1. The second-order valence-corrected chi connectivity index (χ2v) is 5.09. The molecule has 1 fully saturated rings. The Hall–Kier alpha value is -2.01. The maximum atomic E-state index is 14.5. The molecule has 1 aromatic carbocycles. The van der Waals surface area contributed by atoms with E-state index >= 15 is 0 Å². The first-order valence-electron chi connectivity index (χ1n) is 6.73. The Bertz CT molecular complexity index is 638. The van der Waals surface area contributed by atoms with E-state index in [-0.39, 0.29) is 12.8 Å². The number of alkyl halides is 1. The highest BCUT2D eigenvalue weighted by molar-refractivity contribution is 5.98. The molecule has 0 unspecified atom stereocenters. The van der Waals surface area contributed by atoms with Crippen molar-refractivity contribution < 1.29 is 9.18 Å². The lowest BCUT2D eigenvalue weighted by Crippen LogP contribution is -2.47. The number of carbonyl (C=O) groups is 1. The van der Waals surface area contributed by atoms with Crippen molar-refractivity contribution in [3.05, 3.63) is 36.5 Å². The van der Waals surface area contributed by atoms with Crippen molar-refractivity contribution in [3.63, 3.8) is 0 Å². The van der Waals surface area contributed by atoms with Crippen LogP contribution in [0.4, 0.5) is 10.2 Å². The van der Waals surface area contributed by atoms with Gasteiger partial charge in [-0.2, -0.15) is 0 Å². The van der Waals surface area contributed by atoms with Crippen LogP contribution in [0.5, 0.6) is 0 Å². The standard InChI is InChI=1S/C15H16FN3O/c16-15(5-7-17-8-6-15)14(20)19-13-9-11-3-1-2-4-12(11)10-18-13/h1-4,9-10,17H,5-8H2,(H,18,19,20). The van der Waals surface area contributed by atoms with Gasteiger partial charge in [-0.05, 0) is 24.5 Å². The minimum Gasteiger partial charge on any atom is -0.316 e. The molecule has 20 heavy (non-hydrogen) atoms. The summed E-state index contributed by atoms with van der Waals surface area (Å²) in [5.41, 5.74) is -1.79. The topological polar surface area (TPSA) is 54.0 Å². The van der Waals surface area contributed by atoms with Crippen LogP contribution < -0.4 is 10.6 Å². The summed E-state index contributed by atoms with van der Waals surface area (Å²) >= 11 is 0. The van der Waals surface area contributed by atoms with Crippen LogP contribution in [-0.4, -0.2) is 29.6 Å². The molecule has 2 aromatic rings. The number of nitrogens with zero attached hydrogens (tertiary/aromatic N) is 1. The number of hydrogen-bond donors (Lipinski definition) is 2. The molecule has 104 valence electrons. The van der Waals surface area contributed by atoms with E-state index in [4.69, 9.17) is 0 Å². The maximum absolute atomic E-state index is 14.5. The average Bonchev–Trinajstić information content (AvgIpc) is 2.48. The first kappa shape index (κ1) is 13.0. The Morgan fingerprint density at radius 3 is 2.70 bits per heavy atom. The fraction of sp³-hybridized carbons (Fsp3) is 0.333. The zero-order valence-electron chi connectivity index (χ0n) is 11.0. The molecular formula is C15H16FN3O. The van der Waals surface area contributed by atoms with Crippen LogP contribution in [-0.2, 0) is 4.79 Å². The molecule has 4 nitrogen and oxygen atoms in total. The number of aromatic nitrogens is 1. The number of nitrogens with one attached hydrogen (secondary N) is 2. The van der Waals surface area contributed by atoms with Crippen LogP contribution in [0.3, 0.4) is 0 Å². The Morgan fingerprint density at radius 1 is 1.25 bits per heavy atom. The summed E-state index contributed by atoms with van der Waals surface area (Å²) in [4.78, 5) is 16.2. The summed E-state index contributed by atoms with van der Waals surface area (Å²) in [6, 6.07) is 9.47. The van der Waals surface area contributed by atoms with Gasteiger partial charge in [0.25, 0.3) is 5.91 Å². The molecule has 5 heteroatoms. The third-order valence-corrected chi connectivity index (χ3v) is 3.68. The van der Waals surface area contributed by atoms with Gasteiger partial charge >= 0.3 is 0 Å². The second kappa shape index (κ2) is 5.17. The summed E-state index contributed by atoms with van der Waals surface area (Å²) in [6.07, 6.45) is 2.08. The molecular weight excluding hydrogens is 257 g/mol. The minimum absolute atomic E-state index is 0.201. The number of benzene rings is 1. The highest BCUT2D eigenvalue weighted by atomic mass is 19.1. The van der Waals surface area contributed by atoms with Crippen molar-refractivity contribution in [3.8, 4) is 0 Å². The zero-order valence-corrected chi connectivity index (χ0v) is 11.0. The number of amides is 1. The fourth-order valence-corrected chi connectivity index (χ4v) is 2.43. The number of hydrogen-bond acceptors (Lipinski definition) is 3. The van der Waals surface area contributed by atoms with E-state index in [1.54, 1.807) is 12.3 Å². The van der Waals surface area contributed by atoms with E-state index in [1.165, 1.54) is 0 Å². The van der Waals surface area contributed by atoms with Crippen molar-refractivity contribution in [2.24, 2.45) is 0 Å². The first-order chi connectivity index (χ1) is 9.67. The highest BCUT2D eigenvalue weighted by Crippen LogP contribution is 2.25. The molecule has 1 saturated heterocycles. The van der Waals surface area contributed by atoms with E-state index in [2.05, 4.69) is 15.6 Å². The number of fused-ring (bicyclic) bond motifs is 1. The van der Waals surface area contributed by atoms with Gasteiger partial charge in [0, 0.05) is 24.4 Å². The quantitative estimate of drug-likeness (QED) is 0.882. The number of carbonyl (C=O) groups excluding carboxylic acids is 1. The van der Waals surface area contributed by atoms with Gasteiger partial charge in [0.2, 0.25) is 0 Å². The van der Waals surface area contributed by atoms with Gasteiger partial charge in [-0.15, -0.1) is 0 Å². The van der Waals surface area contributed by atoms with Crippen molar-refractivity contribution in [2.45, 2.75) is 18.5 Å². The molecule has 2 heterocycles. The maximum Gasteiger partial charge on any atom is 0.263 e. The molecule has 0 saturated carbocycles. The van der Waals surface area contributed by atoms with Crippen LogP contribution in [0.15, 0.2) is 36.5 Å². The third kappa shape index (κ3) is 2.49. The van der Waals surface area contributed by atoms with Crippen LogP contribution in [0.2, 0.25) is 0 Å². The highest BCUT2D eigenvalue weighted by Gasteiger charge is 2.39. The molecule has 0 radical (unpaired) electrons. The molecule has 2 N–H and O–H groups in total. The molecule has 0 aliphatic carbocycles. The predicted octanol–water partition coefficient (Wildman–Crippen LogP) is 2.26. The Labute approximate surface area is 116 Å². The Balaban J connectivity index is 1.80. The van der Waals surface area contributed by atoms with E-state index in [0.29, 0.717) is 18.9 Å². The summed E-state index contributed by atoms with van der Waals surface area (Å²) in [7, 11) is 0. The second-order valence-electron chi connectivity index (χ2n) is 5.09. The van der Waals surface area contributed by atoms with E-state index in [9.17, 15) is 9.18 Å². The smallest absolute Gasteiger partial charge is 0.263 e. The monoisotopic (exact) mass is 273 g/mol. The van der Waals surface area contributed by atoms with Crippen molar-refractivity contribution in [1.29, 1.82) is 0 Å². The van der Waals surface area contributed by atoms with Gasteiger partial charge in [-0.3, -0.25) is 4.79 Å². The summed E-state index contributed by atoms with van der Waals surface area (Å²) in [5, 5.41) is 7.60. The first-order valence-corrected chi connectivity index (χ1v) is 6.73. The SMILES string of the molecule is O=C(Nc1cc2ccccc2cn1)C1(F)CCNCC1. The van der Waals surface area contributed by atoms with Gasteiger partial charge < -0.3 is 10.6 Å². The van der Waals surface area contributed by atoms with Crippen molar-refractivity contribution >= 4 is 22.5 Å². The van der Waals surface area contributed by atoms with Crippen LogP contribution in [0.1, 0.15) is 12.8 Å². The number of anilines is 1. The summed E-state index contributed by atoms with van der Waals surface area (Å²) in [5.74, 6) is -0.203. The summed E-state index contributed by atoms with van der Waals surface area (Å²) in [6.45, 7) is 1.05. The van der Waals surface area contributed by atoms with Crippen LogP contribution in [0, 0.1) is 0 Å². The fourth-order valence-electron chi connectivity index (χ4n) is 2.43. The molecule has 1 aliphatic rings. The van der Waals surface area contributed by atoms with Crippen molar-refractivity contribution in [1.82, 2.24) is 10.3 Å². The molecule has 1 aliphatic heterocycles. The van der Waals surface area contributed by atoms with Crippen LogP contribution in [0.25, 0.3) is 10.8 Å². The molecule has 0 spiro atoms. The lowest BCUT2D eigenvalue weighted by molar-refractivity contribution is -0.129. The largest absolute Gasteiger partial charge is 0.316 e. The van der Waals surface area contributed by atoms with E-state index < -0.39 is 11.6 Å². The third-order valence-electron chi connectivity index (χ3n) is 3.68. The minimum atomic E-state index is -1.79. The lowest BCUT2D eigenvalue weighted by atomic mass is 9.93. The number of halogens is 1. The number of rotatable bonds is 2. The summed E-state index contributed by atoms with van der Waals surface area (Å²) < 4.78 is 14.5. The Morgan fingerprint density at radius 2 is 1.95 bits per heavy atom. The zero-order chi connectivity index (χ0) is 14.0. The van der Waals surface area contributed by atoms with Crippen LogP contribution >= 0.6 is 0 Å². The van der Waals surface area contributed by atoms with E-state index in [0.717, 1.165) is 10.8 Å². The normalized spacial score (nSPS) is 17.9. The lowest BCUT2D eigenvalue weighted by Gasteiger charge is -2.28. The van der Waals surface area contributed by atoms with Gasteiger partial charge in [0.05, 0.1) is 0 Å². The van der Waals surface area contributed by atoms with E-state index in [1.807, 2.05) is 24.3 Å². The molecule has 3 rings (SSSR count). The molecule has 1 aromatic heterocycles. The van der Waals surface area contributed by atoms with Crippen molar-refractivity contribution in [2.75, 3.05) is 18.4 Å². The molecule has 0 bridgehead atoms. The molecule has 1 amide bonds. The Kier molecular flexibility index (Phi) is 3.36. The average molecular weight is 273 g/mol. The van der Waals surface area contributed by atoms with Gasteiger partial charge in [0.15, 0.2) is 5.67 Å². The van der Waals surface area contributed by atoms with Gasteiger partial charge in [-0.1, -0.05) is 24.3 Å². The molecule has 0 atom stereocenters. The predicted molar refractivity (Wildman–Crippen MR) is 76.3 cm³/mol. The number of piperidine rings is 1. The van der Waals surface area contributed by atoms with Gasteiger partial charge in [0.1, 0.15) is 5.82 Å².